The van der Waals surface area contributed by atoms with Crippen molar-refractivity contribution in [3.05, 3.63) is 0 Å². The summed E-state index contributed by atoms with van der Waals surface area (Å²) in [6.07, 6.45) is 1.91. The van der Waals surface area contributed by atoms with Gasteiger partial charge >= 0.3 is 0 Å². The molecule has 0 N–H and O–H groups in total. The molecule has 3 heteroatoms. The zero-order valence-electron chi connectivity index (χ0n) is 6.92. The van der Waals surface area contributed by atoms with E-state index in [0.717, 1.165) is 6.61 Å². The van der Waals surface area contributed by atoms with Crippen LogP contribution in [0.3, 0.4) is 0 Å². The predicted octanol–water partition coefficient (Wildman–Crippen LogP) is 1.95. The Bertz CT molecular complexity index is 66.6. The first kappa shape index (κ1) is 10.3. The van der Waals surface area contributed by atoms with E-state index >= 15 is 0 Å². The molecule has 0 aromatic rings. The topological polar surface area (TPSA) is 18.5 Å². The Hall–Kier alpha value is 0.270. The molecule has 0 heterocycles. The van der Waals surface area contributed by atoms with Crippen LogP contribution in [0.2, 0.25) is 0 Å². The molecule has 0 unspecified atom stereocenters. The van der Waals surface area contributed by atoms with Gasteiger partial charge in [0.15, 0.2) is 0 Å². The molecule has 0 aromatic heterocycles. The van der Waals surface area contributed by atoms with Gasteiger partial charge in [-0.25, -0.2) is 0 Å². The normalized spacial score (nSPS) is 10.8. The van der Waals surface area contributed by atoms with Crippen LogP contribution in [0.1, 0.15) is 13.8 Å². The summed E-state index contributed by atoms with van der Waals surface area (Å²) in [7, 11) is 0. The molecule has 0 bridgehead atoms. The molecule has 0 rings (SSSR count). The lowest BCUT2D eigenvalue weighted by Gasteiger charge is -2.05. The molecule has 10 heavy (non-hydrogen) atoms. The van der Waals surface area contributed by atoms with E-state index in [1.165, 1.54) is 12.0 Å². The first-order valence-corrected chi connectivity index (χ1v) is 4.65. The van der Waals surface area contributed by atoms with E-state index in [0.29, 0.717) is 19.1 Å². The van der Waals surface area contributed by atoms with Gasteiger partial charge in [-0.05, 0) is 18.0 Å². The minimum Gasteiger partial charge on any atom is -0.379 e. The third kappa shape index (κ3) is 8.27. The Balaban J connectivity index is 2.77. The van der Waals surface area contributed by atoms with E-state index in [-0.39, 0.29) is 0 Å². The number of ether oxygens (including phenoxy) is 1. The molecule has 0 amide bonds. The Labute approximate surface area is 67.5 Å². The third-order valence-corrected chi connectivity index (χ3v) is 1.28. The second kappa shape index (κ2) is 7.38. The van der Waals surface area contributed by atoms with Crippen LogP contribution in [0.15, 0.2) is 0 Å². The molecule has 0 saturated carbocycles. The van der Waals surface area contributed by atoms with Crippen LogP contribution in [0.25, 0.3) is 0 Å². The first-order valence-electron chi connectivity index (χ1n) is 3.50. The molecule has 0 fully saturated rings. The van der Waals surface area contributed by atoms with E-state index in [9.17, 15) is 0 Å². The number of hydrogen-bond acceptors (Lipinski definition) is 3. The van der Waals surface area contributed by atoms with E-state index in [4.69, 9.17) is 8.92 Å². The second-order valence-electron chi connectivity index (χ2n) is 2.46. The molecule has 2 nitrogen and oxygen atoms in total. The monoisotopic (exact) mass is 164 g/mol. The molecule has 0 aliphatic heterocycles. The average Bonchev–Trinajstić information content (AvgIpc) is 1.87. The van der Waals surface area contributed by atoms with Gasteiger partial charge in [0, 0.05) is 12.9 Å². The molecule has 0 aliphatic rings. The van der Waals surface area contributed by atoms with E-state index < -0.39 is 0 Å². The summed E-state index contributed by atoms with van der Waals surface area (Å²) in [4.78, 5) is 0. The minimum absolute atomic E-state index is 0.620. The van der Waals surface area contributed by atoms with Crippen LogP contribution < -0.4 is 0 Å². The van der Waals surface area contributed by atoms with Crippen molar-refractivity contribution in [2.75, 3.05) is 26.1 Å². The standard InChI is InChI=1S/C7H16O2S/c1-7(2)6-8-4-5-9-10-3/h7H,4-6H2,1-3H3. The molecule has 0 radical (unpaired) electrons. The Morgan fingerprint density at radius 3 is 2.50 bits per heavy atom. The third-order valence-electron chi connectivity index (χ3n) is 0.880. The maximum atomic E-state index is 5.26. The van der Waals surface area contributed by atoms with Crippen LogP contribution in [0.4, 0.5) is 0 Å². The molecule has 0 spiro atoms. The molecule has 62 valence electrons. The molecular formula is C7H16O2S. The Morgan fingerprint density at radius 2 is 2.00 bits per heavy atom. The fourth-order valence-electron chi connectivity index (χ4n) is 0.495. The molecule has 0 aliphatic carbocycles. The van der Waals surface area contributed by atoms with Crippen LogP contribution >= 0.6 is 12.0 Å². The van der Waals surface area contributed by atoms with Gasteiger partial charge in [-0.2, -0.15) is 0 Å². The highest BCUT2D eigenvalue weighted by molar-refractivity contribution is 7.93. The summed E-state index contributed by atoms with van der Waals surface area (Å²) >= 11 is 1.38. The summed E-state index contributed by atoms with van der Waals surface area (Å²) in [6.45, 7) is 6.50. The summed E-state index contributed by atoms with van der Waals surface area (Å²) in [6, 6.07) is 0. The number of hydrogen-bond donors (Lipinski definition) is 0. The van der Waals surface area contributed by atoms with Crippen molar-refractivity contribution in [3.8, 4) is 0 Å². The van der Waals surface area contributed by atoms with Crippen LogP contribution in [-0.2, 0) is 8.92 Å². The smallest absolute Gasteiger partial charge is 0.0847 e. The predicted molar refractivity (Wildman–Crippen MR) is 45.1 cm³/mol. The lowest BCUT2D eigenvalue weighted by molar-refractivity contribution is 0.0875. The fourth-order valence-corrected chi connectivity index (χ4v) is 0.730. The van der Waals surface area contributed by atoms with Gasteiger partial charge in [0.2, 0.25) is 0 Å². The fraction of sp³-hybridized carbons (Fsp3) is 1.00. The second-order valence-corrected chi connectivity index (χ2v) is 3.03. The highest BCUT2D eigenvalue weighted by atomic mass is 32.2. The summed E-state index contributed by atoms with van der Waals surface area (Å²) in [5, 5.41) is 0. The molecule has 0 saturated heterocycles. The first-order chi connectivity index (χ1) is 4.77. The highest BCUT2D eigenvalue weighted by Crippen LogP contribution is 1.95. The lowest BCUT2D eigenvalue weighted by atomic mass is 10.2. The zero-order chi connectivity index (χ0) is 7.82. The van der Waals surface area contributed by atoms with Gasteiger partial charge in [0.05, 0.1) is 13.2 Å². The summed E-state index contributed by atoms with van der Waals surface area (Å²) in [5.41, 5.74) is 0. The molecular weight excluding hydrogens is 148 g/mol. The minimum atomic E-state index is 0.620. The van der Waals surface area contributed by atoms with Crippen molar-refractivity contribution >= 4 is 12.0 Å². The largest absolute Gasteiger partial charge is 0.379 e. The van der Waals surface area contributed by atoms with Gasteiger partial charge in [-0.1, -0.05) is 13.8 Å². The quantitative estimate of drug-likeness (QED) is 0.441. The van der Waals surface area contributed by atoms with Crippen LogP contribution in [0, 0.1) is 5.92 Å². The Morgan fingerprint density at radius 1 is 1.30 bits per heavy atom. The maximum absolute atomic E-state index is 5.26. The summed E-state index contributed by atoms with van der Waals surface area (Å²) in [5.74, 6) is 0.620. The van der Waals surface area contributed by atoms with E-state index in [2.05, 4.69) is 13.8 Å². The van der Waals surface area contributed by atoms with Crippen molar-refractivity contribution in [2.45, 2.75) is 13.8 Å². The van der Waals surface area contributed by atoms with Gasteiger partial charge in [0.1, 0.15) is 0 Å². The molecule has 0 atom stereocenters. The van der Waals surface area contributed by atoms with Crippen molar-refractivity contribution in [1.82, 2.24) is 0 Å². The highest BCUT2D eigenvalue weighted by Gasteiger charge is 1.92. The SMILES string of the molecule is CSOCCOCC(C)C. The van der Waals surface area contributed by atoms with E-state index in [1.807, 2.05) is 6.26 Å². The van der Waals surface area contributed by atoms with Crippen molar-refractivity contribution in [3.63, 3.8) is 0 Å². The average molecular weight is 164 g/mol. The van der Waals surface area contributed by atoms with E-state index in [1.54, 1.807) is 0 Å². The van der Waals surface area contributed by atoms with Gasteiger partial charge in [0.25, 0.3) is 0 Å². The van der Waals surface area contributed by atoms with Gasteiger partial charge in [-0.3, -0.25) is 0 Å². The van der Waals surface area contributed by atoms with Crippen molar-refractivity contribution in [1.29, 1.82) is 0 Å². The lowest BCUT2D eigenvalue weighted by Crippen LogP contribution is -2.06. The summed E-state index contributed by atoms with van der Waals surface area (Å²) < 4.78 is 10.3. The zero-order valence-corrected chi connectivity index (χ0v) is 7.74. The van der Waals surface area contributed by atoms with Crippen molar-refractivity contribution < 1.29 is 8.92 Å². The Kier molecular flexibility index (Phi) is 7.58. The van der Waals surface area contributed by atoms with Gasteiger partial charge in [-0.15, -0.1) is 0 Å². The maximum Gasteiger partial charge on any atom is 0.0847 e. The van der Waals surface area contributed by atoms with Crippen molar-refractivity contribution in [2.24, 2.45) is 5.92 Å². The number of rotatable bonds is 6. The van der Waals surface area contributed by atoms with Gasteiger partial charge < -0.3 is 8.92 Å². The molecule has 0 aromatic carbocycles. The van der Waals surface area contributed by atoms with Crippen LogP contribution in [-0.4, -0.2) is 26.1 Å². The van der Waals surface area contributed by atoms with Crippen LogP contribution in [0.5, 0.6) is 0 Å².